The second kappa shape index (κ2) is 4.52. The van der Waals surface area contributed by atoms with Crippen LogP contribution >= 0.6 is 0 Å². The fourth-order valence-corrected chi connectivity index (χ4v) is 4.14. The van der Waals surface area contributed by atoms with Crippen LogP contribution < -0.4 is 10.5 Å². The first-order chi connectivity index (χ1) is 8.26. The van der Waals surface area contributed by atoms with E-state index in [0.29, 0.717) is 12.1 Å². The van der Waals surface area contributed by atoms with Crippen LogP contribution in [0, 0.1) is 0 Å². The Morgan fingerprint density at radius 3 is 2.61 bits per heavy atom. The topological polar surface area (TPSA) is 106 Å². The first-order valence-electron chi connectivity index (χ1n) is 5.36. The zero-order chi connectivity index (χ0) is 13.4. The molecule has 1 aromatic rings. The smallest absolute Gasteiger partial charge is 0.238 e. The van der Waals surface area contributed by atoms with E-state index >= 15 is 0 Å². The fraction of sp³-hybridized carbons (Fsp3) is 0.400. The summed E-state index contributed by atoms with van der Waals surface area (Å²) in [6, 6.07) is 5.86. The van der Waals surface area contributed by atoms with Gasteiger partial charge in [0.15, 0.2) is 9.84 Å². The van der Waals surface area contributed by atoms with Crippen molar-refractivity contribution in [2.75, 3.05) is 16.8 Å². The highest BCUT2D eigenvalue weighted by Crippen LogP contribution is 2.19. The minimum atomic E-state index is -3.74. The standard InChI is InChI=1S/C10H14N2O4S2/c11-18(15,16)10-3-1-2-8(6-10)12-9-4-5-17(13,14)7-9/h1-3,6,9,12H,4-5,7H2,(H2,11,15,16). The van der Waals surface area contributed by atoms with Gasteiger partial charge in [-0.2, -0.15) is 0 Å². The molecule has 1 aliphatic rings. The molecular formula is C10H14N2O4S2. The lowest BCUT2D eigenvalue weighted by Gasteiger charge is -2.12. The summed E-state index contributed by atoms with van der Waals surface area (Å²) in [5.74, 6) is 0.242. The zero-order valence-corrected chi connectivity index (χ0v) is 11.2. The Bertz CT molecular complexity index is 652. The Morgan fingerprint density at radius 1 is 1.33 bits per heavy atom. The number of sulfone groups is 1. The van der Waals surface area contributed by atoms with Gasteiger partial charge in [0.25, 0.3) is 0 Å². The maximum absolute atomic E-state index is 11.3. The normalized spacial score (nSPS) is 22.8. The monoisotopic (exact) mass is 290 g/mol. The third kappa shape index (κ3) is 3.21. The van der Waals surface area contributed by atoms with Crippen molar-refractivity contribution in [1.82, 2.24) is 0 Å². The molecule has 18 heavy (non-hydrogen) atoms. The van der Waals surface area contributed by atoms with Crippen LogP contribution in [0.25, 0.3) is 0 Å². The number of hydrogen-bond donors (Lipinski definition) is 2. The molecule has 1 aliphatic heterocycles. The summed E-state index contributed by atoms with van der Waals surface area (Å²) in [5, 5.41) is 8.04. The van der Waals surface area contributed by atoms with Gasteiger partial charge in [-0.3, -0.25) is 0 Å². The molecule has 8 heteroatoms. The fourth-order valence-electron chi connectivity index (χ4n) is 1.91. The van der Waals surface area contributed by atoms with E-state index in [1.165, 1.54) is 12.1 Å². The molecule has 1 saturated heterocycles. The summed E-state index contributed by atoms with van der Waals surface area (Å²) in [7, 11) is -6.70. The van der Waals surface area contributed by atoms with Gasteiger partial charge in [-0.25, -0.2) is 22.0 Å². The molecule has 1 atom stereocenters. The lowest BCUT2D eigenvalue weighted by Crippen LogP contribution is -2.21. The van der Waals surface area contributed by atoms with Gasteiger partial charge in [-0.15, -0.1) is 0 Å². The molecule has 2 rings (SSSR count). The van der Waals surface area contributed by atoms with Crippen LogP contribution in [0.15, 0.2) is 29.2 Å². The molecule has 100 valence electrons. The van der Waals surface area contributed by atoms with Crippen LogP contribution in [0.5, 0.6) is 0 Å². The Balaban J connectivity index is 2.16. The van der Waals surface area contributed by atoms with E-state index in [9.17, 15) is 16.8 Å². The molecule has 0 radical (unpaired) electrons. The highest BCUT2D eigenvalue weighted by Gasteiger charge is 2.27. The summed E-state index contributed by atoms with van der Waals surface area (Å²) in [4.78, 5) is 0.00774. The van der Waals surface area contributed by atoms with Gasteiger partial charge in [-0.05, 0) is 24.6 Å². The quantitative estimate of drug-likeness (QED) is 0.810. The highest BCUT2D eigenvalue weighted by atomic mass is 32.2. The molecule has 3 N–H and O–H groups in total. The van der Waals surface area contributed by atoms with Crippen molar-refractivity contribution < 1.29 is 16.8 Å². The molecule has 0 bridgehead atoms. The van der Waals surface area contributed by atoms with Gasteiger partial charge in [-0.1, -0.05) is 6.07 Å². The van der Waals surface area contributed by atoms with E-state index in [1.54, 1.807) is 12.1 Å². The molecule has 1 aromatic carbocycles. The average Bonchev–Trinajstić information content (AvgIpc) is 2.57. The van der Waals surface area contributed by atoms with Crippen LogP contribution in [-0.2, 0) is 19.9 Å². The Morgan fingerprint density at radius 2 is 2.06 bits per heavy atom. The molecule has 0 saturated carbocycles. The molecule has 1 fully saturated rings. The maximum atomic E-state index is 11.3. The van der Waals surface area contributed by atoms with Crippen LogP contribution in [0.1, 0.15) is 6.42 Å². The third-order valence-corrected chi connectivity index (χ3v) is 5.44. The number of sulfonamides is 1. The number of nitrogens with two attached hydrogens (primary N) is 1. The number of anilines is 1. The second-order valence-electron chi connectivity index (χ2n) is 4.32. The van der Waals surface area contributed by atoms with Gasteiger partial charge >= 0.3 is 0 Å². The van der Waals surface area contributed by atoms with E-state index in [4.69, 9.17) is 5.14 Å². The Labute approximate surface area is 106 Å². The summed E-state index contributed by atoms with van der Waals surface area (Å²) in [6.07, 6.45) is 0.530. The van der Waals surface area contributed by atoms with Crippen LogP contribution in [0.2, 0.25) is 0 Å². The van der Waals surface area contributed by atoms with Crippen LogP contribution in [0.4, 0.5) is 5.69 Å². The molecule has 0 spiro atoms. The van der Waals surface area contributed by atoms with Crippen molar-refractivity contribution in [2.24, 2.45) is 5.14 Å². The molecule has 1 heterocycles. The highest BCUT2D eigenvalue weighted by molar-refractivity contribution is 7.91. The third-order valence-electron chi connectivity index (χ3n) is 2.77. The van der Waals surface area contributed by atoms with Crippen molar-refractivity contribution in [3.63, 3.8) is 0 Å². The number of rotatable bonds is 3. The maximum Gasteiger partial charge on any atom is 0.238 e. The minimum absolute atomic E-state index is 0.00774. The summed E-state index contributed by atoms with van der Waals surface area (Å²) >= 11 is 0. The summed E-state index contributed by atoms with van der Waals surface area (Å²) in [5.41, 5.74) is 0.559. The van der Waals surface area contributed by atoms with Crippen molar-refractivity contribution in [3.8, 4) is 0 Å². The summed E-state index contributed by atoms with van der Waals surface area (Å²) < 4.78 is 45.0. The van der Waals surface area contributed by atoms with Crippen molar-refractivity contribution in [1.29, 1.82) is 0 Å². The molecule has 1 unspecified atom stereocenters. The number of hydrogen-bond acceptors (Lipinski definition) is 5. The van der Waals surface area contributed by atoms with Gasteiger partial charge in [0.2, 0.25) is 10.0 Å². The van der Waals surface area contributed by atoms with Crippen molar-refractivity contribution >= 4 is 25.5 Å². The van der Waals surface area contributed by atoms with Crippen molar-refractivity contribution in [3.05, 3.63) is 24.3 Å². The Hall–Kier alpha value is -1.12. The van der Waals surface area contributed by atoms with Gasteiger partial charge < -0.3 is 5.32 Å². The molecular weight excluding hydrogens is 276 g/mol. The molecule has 0 aliphatic carbocycles. The predicted octanol–water partition coefficient (Wildman–Crippen LogP) is -0.0670. The van der Waals surface area contributed by atoms with E-state index in [0.717, 1.165) is 0 Å². The molecule has 0 amide bonds. The lowest BCUT2D eigenvalue weighted by molar-refractivity contribution is 0.597. The number of nitrogens with one attached hydrogen (secondary N) is 1. The van der Waals surface area contributed by atoms with E-state index in [1.807, 2.05) is 0 Å². The summed E-state index contributed by atoms with van der Waals surface area (Å²) in [6.45, 7) is 0. The van der Waals surface area contributed by atoms with E-state index in [-0.39, 0.29) is 22.4 Å². The largest absolute Gasteiger partial charge is 0.381 e. The molecule has 0 aromatic heterocycles. The first-order valence-corrected chi connectivity index (χ1v) is 8.73. The average molecular weight is 290 g/mol. The van der Waals surface area contributed by atoms with E-state index in [2.05, 4.69) is 5.32 Å². The molecule has 6 nitrogen and oxygen atoms in total. The Kier molecular flexibility index (Phi) is 3.35. The SMILES string of the molecule is NS(=O)(=O)c1cccc(NC2CCS(=O)(=O)C2)c1. The number of primary sulfonamides is 1. The predicted molar refractivity (Wildman–Crippen MR) is 68.5 cm³/mol. The minimum Gasteiger partial charge on any atom is -0.381 e. The van der Waals surface area contributed by atoms with Gasteiger partial charge in [0.1, 0.15) is 0 Å². The van der Waals surface area contributed by atoms with E-state index < -0.39 is 19.9 Å². The first kappa shape index (κ1) is 13.3. The zero-order valence-electron chi connectivity index (χ0n) is 9.53. The van der Waals surface area contributed by atoms with Crippen LogP contribution in [0.3, 0.4) is 0 Å². The van der Waals surface area contributed by atoms with Gasteiger partial charge in [0.05, 0.1) is 16.4 Å². The second-order valence-corrected chi connectivity index (χ2v) is 8.11. The van der Waals surface area contributed by atoms with Crippen molar-refractivity contribution in [2.45, 2.75) is 17.4 Å². The van der Waals surface area contributed by atoms with Crippen LogP contribution in [-0.4, -0.2) is 34.4 Å². The van der Waals surface area contributed by atoms with Gasteiger partial charge in [0, 0.05) is 11.7 Å². The number of benzene rings is 1. The lowest BCUT2D eigenvalue weighted by atomic mass is 10.2.